The van der Waals surface area contributed by atoms with Gasteiger partial charge in [0, 0.05) is 17.6 Å². The molecule has 0 aromatic heterocycles. The van der Waals surface area contributed by atoms with Crippen LogP contribution in [0.15, 0.2) is 28.7 Å². The number of nitrogens with zero attached hydrogens (tertiary/aromatic N) is 1. The molecule has 1 aromatic carbocycles. The number of halogens is 1. The predicted molar refractivity (Wildman–Crippen MR) is 86.0 cm³/mol. The van der Waals surface area contributed by atoms with Gasteiger partial charge in [0.25, 0.3) is 0 Å². The topological polar surface area (TPSA) is 29.5 Å². The fourth-order valence-corrected chi connectivity index (χ4v) is 2.33. The molecule has 1 unspecified atom stereocenters. The third kappa shape index (κ3) is 5.53. The molecule has 0 aliphatic rings. The van der Waals surface area contributed by atoms with Crippen LogP contribution in [0, 0.1) is 0 Å². The van der Waals surface area contributed by atoms with Crippen LogP contribution in [-0.4, -0.2) is 29.7 Å². The molecule has 20 heavy (non-hydrogen) atoms. The maximum atomic E-state index is 12.1. The molecule has 1 rings (SSSR count). The van der Waals surface area contributed by atoms with E-state index in [-0.39, 0.29) is 12.0 Å². The number of likely N-dealkylation sites (N-methyl/N-ethyl adjacent to an activating group) is 1. The Morgan fingerprint density at radius 2 is 2.05 bits per heavy atom. The van der Waals surface area contributed by atoms with Crippen molar-refractivity contribution in [2.75, 3.05) is 13.1 Å². The number of hydrogen-bond donors (Lipinski definition) is 0. The number of carbonyl (C=O) groups is 1. The van der Waals surface area contributed by atoms with Gasteiger partial charge in [-0.3, -0.25) is 0 Å². The predicted octanol–water partition coefficient (Wildman–Crippen LogP) is 4.81. The smallest absolute Gasteiger partial charge is 0.410 e. The van der Waals surface area contributed by atoms with Crippen molar-refractivity contribution in [1.82, 2.24) is 4.90 Å². The van der Waals surface area contributed by atoms with Crippen molar-refractivity contribution in [2.24, 2.45) is 0 Å². The van der Waals surface area contributed by atoms with Crippen molar-refractivity contribution in [3.05, 3.63) is 34.3 Å². The van der Waals surface area contributed by atoms with Gasteiger partial charge in [-0.2, -0.15) is 0 Å². The molecule has 1 atom stereocenters. The van der Waals surface area contributed by atoms with E-state index in [9.17, 15) is 4.79 Å². The fourth-order valence-electron chi connectivity index (χ4n) is 1.91. The quantitative estimate of drug-likeness (QED) is 0.786. The first-order chi connectivity index (χ1) is 9.23. The van der Waals surface area contributed by atoms with Gasteiger partial charge in [-0.1, -0.05) is 35.0 Å². The maximum Gasteiger partial charge on any atom is 0.410 e. The summed E-state index contributed by atoms with van der Waals surface area (Å²) in [6.45, 7) is 11.0. The zero-order valence-corrected chi connectivity index (χ0v) is 14.5. The van der Waals surface area contributed by atoms with Crippen LogP contribution in [0.3, 0.4) is 0 Å². The Balaban J connectivity index is 2.71. The van der Waals surface area contributed by atoms with Gasteiger partial charge in [0.1, 0.15) is 5.60 Å². The number of benzene rings is 1. The number of rotatable bonds is 4. The Labute approximate surface area is 130 Å². The molecule has 0 fully saturated rings. The molecule has 0 aliphatic heterocycles. The number of hydrogen-bond acceptors (Lipinski definition) is 2. The second-order valence-electron chi connectivity index (χ2n) is 5.98. The lowest BCUT2D eigenvalue weighted by molar-refractivity contribution is 0.0251. The van der Waals surface area contributed by atoms with E-state index in [0.29, 0.717) is 13.1 Å². The van der Waals surface area contributed by atoms with Crippen LogP contribution in [0.5, 0.6) is 0 Å². The molecule has 4 heteroatoms. The Morgan fingerprint density at radius 3 is 2.55 bits per heavy atom. The molecule has 0 saturated carbocycles. The van der Waals surface area contributed by atoms with Crippen LogP contribution in [0.25, 0.3) is 0 Å². The average molecular weight is 342 g/mol. The van der Waals surface area contributed by atoms with E-state index in [1.807, 2.05) is 39.8 Å². The Bertz CT molecular complexity index is 454. The number of carbonyl (C=O) groups excluding carboxylic acids is 1. The van der Waals surface area contributed by atoms with Gasteiger partial charge in [-0.25, -0.2) is 4.79 Å². The highest BCUT2D eigenvalue weighted by atomic mass is 79.9. The SMILES string of the molecule is CCN(CC(C)c1cccc(Br)c1)C(=O)OC(C)(C)C. The van der Waals surface area contributed by atoms with Crippen LogP contribution < -0.4 is 0 Å². The molecule has 1 amide bonds. The van der Waals surface area contributed by atoms with Crippen LogP contribution >= 0.6 is 15.9 Å². The highest BCUT2D eigenvalue weighted by Crippen LogP contribution is 2.21. The largest absolute Gasteiger partial charge is 0.444 e. The summed E-state index contributed by atoms with van der Waals surface area (Å²) in [4.78, 5) is 13.9. The lowest BCUT2D eigenvalue weighted by Gasteiger charge is -2.28. The third-order valence-electron chi connectivity index (χ3n) is 2.95. The summed E-state index contributed by atoms with van der Waals surface area (Å²) >= 11 is 3.48. The summed E-state index contributed by atoms with van der Waals surface area (Å²) in [7, 11) is 0. The van der Waals surface area contributed by atoms with E-state index in [1.54, 1.807) is 4.90 Å². The minimum atomic E-state index is -0.455. The summed E-state index contributed by atoms with van der Waals surface area (Å²) in [6.07, 6.45) is -0.248. The second kappa shape index (κ2) is 7.11. The van der Waals surface area contributed by atoms with Gasteiger partial charge in [-0.05, 0) is 51.3 Å². The zero-order chi connectivity index (χ0) is 15.3. The first kappa shape index (κ1) is 17.0. The molecule has 0 saturated heterocycles. The van der Waals surface area contributed by atoms with Crippen molar-refractivity contribution in [3.63, 3.8) is 0 Å². The van der Waals surface area contributed by atoms with Gasteiger partial charge in [0.2, 0.25) is 0 Å². The van der Waals surface area contributed by atoms with Crippen molar-refractivity contribution < 1.29 is 9.53 Å². The molecule has 0 radical (unpaired) electrons. The summed E-state index contributed by atoms with van der Waals surface area (Å²) in [6, 6.07) is 8.19. The summed E-state index contributed by atoms with van der Waals surface area (Å²) in [5, 5.41) is 0. The lowest BCUT2D eigenvalue weighted by Crippen LogP contribution is -2.38. The summed E-state index contributed by atoms with van der Waals surface area (Å²) in [5.74, 6) is 0.264. The Kier molecular flexibility index (Phi) is 6.06. The molecule has 1 aromatic rings. The highest BCUT2D eigenvalue weighted by molar-refractivity contribution is 9.10. The first-order valence-corrected chi connectivity index (χ1v) is 7.75. The van der Waals surface area contributed by atoms with Gasteiger partial charge in [0.05, 0.1) is 0 Å². The van der Waals surface area contributed by atoms with Gasteiger partial charge in [-0.15, -0.1) is 0 Å². The Hall–Kier alpha value is -1.03. The van der Waals surface area contributed by atoms with E-state index in [0.717, 1.165) is 4.47 Å². The van der Waals surface area contributed by atoms with E-state index in [2.05, 4.69) is 35.0 Å². The number of ether oxygens (including phenoxy) is 1. The summed E-state index contributed by atoms with van der Waals surface area (Å²) < 4.78 is 6.49. The standard InChI is InChI=1S/C16H24BrNO2/c1-6-18(15(19)20-16(3,4)5)11-12(2)13-8-7-9-14(17)10-13/h7-10,12H,6,11H2,1-5H3. The molecule has 0 aliphatic carbocycles. The molecule has 112 valence electrons. The third-order valence-corrected chi connectivity index (χ3v) is 3.44. The summed E-state index contributed by atoms with van der Waals surface area (Å²) in [5.41, 5.74) is 0.755. The van der Waals surface area contributed by atoms with E-state index >= 15 is 0 Å². The van der Waals surface area contributed by atoms with Crippen molar-refractivity contribution in [2.45, 2.75) is 46.1 Å². The van der Waals surface area contributed by atoms with Crippen molar-refractivity contribution in [3.8, 4) is 0 Å². The first-order valence-electron chi connectivity index (χ1n) is 6.96. The second-order valence-corrected chi connectivity index (χ2v) is 6.89. The van der Waals surface area contributed by atoms with Gasteiger partial charge < -0.3 is 9.64 Å². The van der Waals surface area contributed by atoms with E-state index < -0.39 is 5.60 Å². The molecule has 0 heterocycles. The van der Waals surface area contributed by atoms with Gasteiger partial charge in [0.15, 0.2) is 0 Å². The monoisotopic (exact) mass is 341 g/mol. The average Bonchev–Trinajstić information content (AvgIpc) is 2.33. The van der Waals surface area contributed by atoms with Crippen molar-refractivity contribution >= 4 is 22.0 Å². The molecular weight excluding hydrogens is 318 g/mol. The van der Waals surface area contributed by atoms with Crippen LogP contribution in [0.2, 0.25) is 0 Å². The van der Waals surface area contributed by atoms with Crippen LogP contribution in [0.4, 0.5) is 4.79 Å². The van der Waals surface area contributed by atoms with Gasteiger partial charge >= 0.3 is 6.09 Å². The normalized spacial score (nSPS) is 12.9. The minimum absolute atomic E-state index is 0.248. The lowest BCUT2D eigenvalue weighted by atomic mass is 10.0. The molecule has 0 N–H and O–H groups in total. The Morgan fingerprint density at radius 1 is 1.40 bits per heavy atom. The minimum Gasteiger partial charge on any atom is -0.444 e. The van der Waals surface area contributed by atoms with Crippen LogP contribution in [0.1, 0.15) is 46.1 Å². The van der Waals surface area contributed by atoms with Crippen LogP contribution in [-0.2, 0) is 4.74 Å². The molecule has 0 bridgehead atoms. The molecular formula is C16H24BrNO2. The zero-order valence-electron chi connectivity index (χ0n) is 12.9. The fraction of sp³-hybridized carbons (Fsp3) is 0.562. The van der Waals surface area contributed by atoms with E-state index in [1.165, 1.54) is 5.56 Å². The van der Waals surface area contributed by atoms with E-state index in [4.69, 9.17) is 4.74 Å². The van der Waals surface area contributed by atoms with Crippen molar-refractivity contribution in [1.29, 1.82) is 0 Å². The molecule has 3 nitrogen and oxygen atoms in total. The molecule has 0 spiro atoms. The highest BCUT2D eigenvalue weighted by Gasteiger charge is 2.22. The number of amides is 1. The maximum absolute atomic E-state index is 12.1.